The highest BCUT2D eigenvalue weighted by Gasteiger charge is 2.30. The van der Waals surface area contributed by atoms with Crippen molar-refractivity contribution < 1.29 is 18.6 Å². The van der Waals surface area contributed by atoms with Crippen molar-refractivity contribution in [3.05, 3.63) is 46.6 Å². The van der Waals surface area contributed by atoms with E-state index in [1.54, 1.807) is 6.07 Å². The van der Waals surface area contributed by atoms with Gasteiger partial charge in [0.15, 0.2) is 0 Å². The van der Waals surface area contributed by atoms with Crippen LogP contribution in [0.15, 0.2) is 24.3 Å². The lowest BCUT2D eigenvalue weighted by molar-refractivity contribution is 0.0565. The Kier molecular flexibility index (Phi) is 4.02. The first-order chi connectivity index (χ1) is 10.5. The summed E-state index contributed by atoms with van der Waals surface area (Å²) in [5.74, 6) is -0.965. The highest BCUT2D eigenvalue weighted by molar-refractivity contribution is 6.29. The maximum absolute atomic E-state index is 14.1. The predicted molar refractivity (Wildman–Crippen MR) is 79.0 cm³/mol. The van der Waals surface area contributed by atoms with Crippen LogP contribution >= 0.6 is 11.6 Å². The molecule has 2 atom stereocenters. The quantitative estimate of drug-likeness (QED) is 0.858. The Morgan fingerprint density at radius 3 is 2.77 bits per heavy atom. The molecule has 0 saturated carbocycles. The number of aliphatic hydroxyl groups excluding tert-OH is 1. The second-order valence-electron chi connectivity index (χ2n) is 5.42. The van der Waals surface area contributed by atoms with Crippen molar-refractivity contribution in [2.75, 3.05) is 6.61 Å². The maximum atomic E-state index is 14.1. The molecule has 0 radical (unpaired) electrons. The van der Waals surface area contributed by atoms with Gasteiger partial charge >= 0.3 is 0 Å². The van der Waals surface area contributed by atoms with Gasteiger partial charge in [-0.2, -0.15) is 0 Å². The van der Waals surface area contributed by atoms with E-state index in [1.807, 2.05) is 6.92 Å². The highest BCUT2D eigenvalue weighted by atomic mass is 35.5. The molecule has 0 spiro atoms. The van der Waals surface area contributed by atoms with Crippen molar-refractivity contribution in [1.82, 2.24) is 4.98 Å². The minimum absolute atomic E-state index is 0.0442. The van der Waals surface area contributed by atoms with Gasteiger partial charge in [0.25, 0.3) is 0 Å². The molecule has 1 aromatic carbocycles. The Hall–Kier alpha value is -1.72. The van der Waals surface area contributed by atoms with Gasteiger partial charge in [-0.1, -0.05) is 18.5 Å². The Morgan fingerprint density at radius 1 is 1.32 bits per heavy atom. The summed E-state index contributed by atoms with van der Waals surface area (Å²) >= 11 is 5.99. The summed E-state index contributed by atoms with van der Waals surface area (Å²) in [7, 11) is 0. The van der Waals surface area contributed by atoms with E-state index in [0.717, 1.165) is 6.07 Å². The lowest BCUT2D eigenvalue weighted by Gasteiger charge is -2.31. The molecule has 1 aromatic heterocycles. The molecule has 0 amide bonds. The van der Waals surface area contributed by atoms with Crippen molar-refractivity contribution in [3.63, 3.8) is 0 Å². The van der Waals surface area contributed by atoms with Crippen molar-refractivity contribution in [2.24, 2.45) is 5.92 Å². The highest BCUT2D eigenvalue weighted by Crippen LogP contribution is 2.39. The van der Waals surface area contributed by atoms with Crippen LogP contribution < -0.4 is 4.74 Å². The topological polar surface area (TPSA) is 42.4 Å². The number of halogens is 3. The predicted octanol–water partition coefficient (Wildman–Crippen LogP) is 3.61. The molecule has 0 fully saturated rings. The third-order valence-corrected chi connectivity index (χ3v) is 4.07. The lowest BCUT2D eigenvalue weighted by atomic mass is 9.89. The third-order valence-electron chi connectivity index (χ3n) is 3.88. The van der Waals surface area contributed by atoms with Crippen molar-refractivity contribution in [2.45, 2.75) is 19.4 Å². The molecule has 0 bridgehead atoms. The van der Waals surface area contributed by atoms with Crippen LogP contribution in [0.1, 0.15) is 12.5 Å². The molecular formula is C16H14ClF2NO2. The summed E-state index contributed by atoms with van der Waals surface area (Å²) in [6.07, 6.45) is 0.195. The van der Waals surface area contributed by atoms with Crippen LogP contribution in [0.2, 0.25) is 5.15 Å². The van der Waals surface area contributed by atoms with E-state index < -0.39 is 11.6 Å². The van der Waals surface area contributed by atoms with Gasteiger partial charge in [-0.05, 0) is 36.1 Å². The molecule has 116 valence electrons. The van der Waals surface area contributed by atoms with E-state index in [0.29, 0.717) is 23.4 Å². The number of hydrogen-bond donors (Lipinski definition) is 1. The van der Waals surface area contributed by atoms with Crippen molar-refractivity contribution in [1.29, 1.82) is 0 Å². The molecule has 6 heteroatoms. The fraction of sp³-hybridized carbons (Fsp3) is 0.312. The normalized spacial score (nSPS) is 20.4. The number of rotatable bonds is 2. The minimum atomic E-state index is -0.665. The Morgan fingerprint density at radius 2 is 2.09 bits per heavy atom. The number of nitrogens with zero attached hydrogens (tertiary/aromatic N) is 1. The molecule has 2 unspecified atom stereocenters. The number of aromatic nitrogens is 1. The Bertz CT molecular complexity index is 724. The van der Waals surface area contributed by atoms with Gasteiger partial charge in [0, 0.05) is 17.2 Å². The number of hydrogen-bond acceptors (Lipinski definition) is 3. The molecule has 22 heavy (non-hydrogen) atoms. The van der Waals surface area contributed by atoms with Gasteiger partial charge in [0.2, 0.25) is 5.88 Å². The van der Waals surface area contributed by atoms with Gasteiger partial charge in [0.1, 0.15) is 22.9 Å². The molecule has 3 rings (SSSR count). The van der Waals surface area contributed by atoms with Crippen LogP contribution in [0, 0.1) is 17.6 Å². The van der Waals surface area contributed by atoms with Crippen LogP contribution in [0.25, 0.3) is 11.1 Å². The van der Waals surface area contributed by atoms with E-state index in [4.69, 9.17) is 16.3 Å². The Balaban J connectivity index is 2.15. The number of aliphatic hydroxyl groups is 1. The van der Waals surface area contributed by atoms with Gasteiger partial charge < -0.3 is 9.84 Å². The first kappa shape index (κ1) is 15.2. The smallest absolute Gasteiger partial charge is 0.218 e. The SMILES string of the molecule is CC1Cc2c(-c3ccc(F)cc3F)cc(Cl)nc2OC1CO. The minimum Gasteiger partial charge on any atom is -0.471 e. The van der Waals surface area contributed by atoms with E-state index in [-0.39, 0.29) is 29.3 Å². The molecule has 2 aromatic rings. The van der Waals surface area contributed by atoms with Gasteiger partial charge in [-0.3, -0.25) is 0 Å². The van der Waals surface area contributed by atoms with E-state index in [9.17, 15) is 13.9 Å². The zero-order valence-electron chi connectivity index (χ0n) is 11.8. The summed E-state index contributed by atoms with van der Waals surface area (Å²) in [5, 5.41) is 9.49. The average Bonchev–Trinajstić information content (AvgIpc) is 2.46. The molecule has 1 aliphatic heterocycles. The maximum Gasteiger partial charge on any atom is 0.218 e. The lowest BCUT2D eigenvalue weighted by Crippen LogP contribution is -2.34. The largest absolute Gasteiger partial charge is 0.471 e. The van der Waals surface area contributed by atoms with Gasteiger partial charge in [-0.15, -0.1) is 0 Å². The van der Waals surface area contributed by atoms with Gasteiger partial charge in [0.05, 0.1) is 6.61 Å². The summed E-state index contributed by atoms with van der Waals surface area (Å²) < 4.78 is 32.9. The van der Waals surface area contributed by atoms with E-state index in [1.165, 1.54) is 12.1 Å². The number of ether oxygens (including phenoxy) is 1. The molecule has 1 N–H and O–H groups in total. The van der Waals surface area contributed by atoms with Gasteiger partial charge in [-0.25, -0.2) is 13.8 Å². The first-order valence-corrected chi connectivity index (χ1v) is 7.29. The molecule has 1 aliphatic rings. The molecule has 3 nitrogen and oxygen atoms in total. The first-order valence-electron chi connectivity index (χ1n) is 6.92. The van der Waals surface area contributed by atoms with Crippen molar-refractivity contribution in [3.8, 4) is 17.0 Å². The van der Waals surface area contributed by atoms with Crippen LogP contribution in [-0.2, 0) is 6.42 Å². The second kappa shape index (κ2) is 5.82. The molecule has 2 heterocycles. The fourth-order valence-electron chi connectivity index (χ4n) is 2.69. The molecule has 0 aliphatic carbocycles. The fourth-order valence-corrected chi connectivity index (χ4v) is 2.88. The molecular weight excluding hydrogens is 312 g/mol. The van der Waals surface area contributed by atoms with Crippen LogP contribution in [0.5, 0.6) is 5.88 Å². The van der Waals surface area contributed by atoms with E-state index in [2.05, 4.69) is 4.98 Å². The number of fused-ring (bicyclic) bond motifs is 1. The van der Waals surface area contributed by atoms with Crippen LogP contribution in [0.4, 0.5) is 8.78 Å². The Labute approximate surface area is 131 Å². The van der Waals surface area contributed by atoms with E-state index >= 15 is 0 Å². The summed E-state index contributed by atoms with van der Waals surface area (Å²) in [5.41, 5.74) is 1.50. The standard InChI is InChI=1S/C16H14ClF2NO2/c1-8-4-12-11(10-3-2-9(18)5-13(10)19)6-15(17)20-16(12)22-14(8)7-21/h2-3,5-6,8,14,21H,4,7H2,1H3. The van der Waals surface area contributed by atoms with Crippen LogP contribution in [0.3, 0.4) is 0 Å². The number of benzene rings is 1. The number of pyridine rings is 1. The summed E-state index contributed by atoms with van der Waals surface area (Å²) in [6, 6.07) is 4.95. The third kappa shape index (κ3) is 2.66. The average molecular weight is 326 g/mol. The zero-order chi connectivity index (χ0) is 15.9. The second-order valence-corrected chi connectivity index (χ2v) is 5.81. The zero-order valence-corrected chi connectivity index (χ0v) is 12.6. The summed E-state index contributed by atoms with van der Waals surface area (Å²) in [6.45, 7) is 1.80. The summed E-state index contributed by atoms with van der Waals surface area (Å²) in [4.78, 5) is 4.12. The van der Waals surface area contributed by atoms with Crippen molar-refractivity contribution >= 4 is 11.6 Å². The molecule has 0 saturated heterocycles. The van der Waals surface area contributed by atoms with Crippen LogP contribution in [-0.4, -0.2) is 22.8 Å². The monoisotopic (exact) mass is 325 g/mol.